The van der Waals surface area contributed by atoms with Gasteiger partial charge in [0, 0.05) is 17.3 Å². The molecule has 0 radical (unpaired) electrons. The molecule has 0 bridgehead atoms. The van der Waals surface area contributed by atoms with Crippen LogP contribution in [0, 0.1) is 18.8 Å². The Kier molecular flexibility index (Phi) is 2.67. The highest BCUT2D eigenvalue weighted by Gasteiger charge is 1.92. The van der Waals surface area contributed by atoms with Crippen LogP contribution in [0.25, 0.3) is 0 Å². The van der Waals surface area contributed by atoms with Gasteiger partial charge in [-0.25, -0.2) is 0 Å². The minimum Gasteiger partial charge on any atom is -0.384 e. The summed E-state index contributed by atoms with van der Waals surface area (Å²) in [5.41, 5.74) is 1.33. The quantitative estimate of drug-likeness (QED) is 0.530. The third-order valence-electron chi connectivity index (χ3n) is 1.42. The van der Waals surface area contributed by atoms with Crippen molar-refractivity contribution in [2.75, 3.05) is 6.61 Å². The van der Waals surface area contributed by atoms with Crippen LogP contribution in [0.1, 0.15) is 11.3 Å². The fraction of sp³-hybridized carbons (Fsp3) is 0.222. The first-order valence-corrected chi connectivity index (χ1v) is 3.53. The fourth-order valence-electron chi connectivity index (χ4n) is 0.848. The molecule has 0 aliphatic rings. The predicted molar refractivity (Wildman–Crippen MR) is 45.8 cm³/mol. The van der Waals surface area contributed by atoms with Gasteiger partial charge in [0.1, 0.15) is 6.61 Å². The van der Waals surface area contributed by atoms with Gasteiger partial charge in [-0.3, -0.25) is 4.79 Å². The van der Waals surface area contributed by atoms with Gasteiger partial charge in [-0.1, -0.05) is 11.8 Å². The first-order valence-electron chi connectivity index (χ1n) is 3.53. The van der Waals surface area contributed by atoms with Crippen molar-refractivity contribution in [2.24, 2.45) is 0 Å². The molecule has 62 valence electrons. The van der Waals surface area contributed by atoms with Gasteiger partial charge in [0.25, 0.3) is 0 Å². The van der Waals surface area contributed by atoms with Crippen molar-refractivity contribution in [3.63, 3.8) is 0 Å². The molecule has 0 fully saturated rings. The number of aliphatic hydroxyl groups excluding tert-OH is 1. The van der Waals surface area contributed by atoms with E-state index in [4.69, 9.17) is 5.11 Å². The van der Waals surface area contributed by atoms with E-state index in [0.29, 0.717) is 0 Å². The van der Waals surface area contributed by atoms with E-state index in [1.807, 2.05) is 0 Å². The molecule has 1 rings (SSSR count). The topological polar surface area (TPSA) is 53.1 Å². The number of aliphatic hydroxyl groups is 1. The summed E-state index contributed by atoms with van der Waals surface area (Å²) in [5.74, 6) is 5.23. The Morgan fingerprint density at radius 3 is 2.92 bits per heavy atom. The van der Waals surface area contributed by atoms with E-state index in [9.17, 15) is 4.79 Å². The monoisotopic (exact) mass is 163 g/mol. The molecule has 1 heterocycles. The second kappa shape index (κ2) is 3.74. The van der Waals surface area contributed by atoms with E-state index < -0.39 is 0 Å². The van der Waals surface area contributed by atoms with E-state index in [2.05, 4.69) is 16.8 Å². The third-order valence-corrected chi connectivity index (χ3v) is 1.42. The van der Waals surface area contributed by atoms with Crippen molar-refractivity contribution in [2.45, 2.75) is 6.92 Å². The van der Waals surface area contributed by atoms with Crippen LogP contribution in [0.4, 0.5) is 0 Å². The number of hydrogen-bond acceptors (Lipinski definition) is 2. The first kappa shape index (κ1) is 8.57. The Bertz CT molecular complexity index is 381. The van der Waals surface area contributed by atoms with Crippen LogP contribution in [0.3, 0.4) is 0 Å². The molecule has 12 heavy (non-hydrogen) atoms. The van der Waals surface area contributed by atoms with Crippen molar-refractivity contribution in [1.29, 1.82) is 0 Å². The average molecular weight is 163 g/mol. The number of rotatable bonds is 0. The van der Waals surface area contributed by atoms with Crippen LogP contribution in [0.15, 0.2) is 16.9 Å². The molecule has 0 saturated heterocycles. The lowest BCUT2D eigenvalue weighted by Crippen LogP contribution is -2.05. The number of hydrogen-bond donors (Lipinski definition) is 2. The molecule has 3 heteroatoms. The minimum atomic E-state index is -0.168. The molecule has 0 aliphatic carbocycles. The standard InChI is InChI=1S/C9H9NO2/c1-7-8(3-2-6-11)4-5-9(12)10-7/h4-5,11H,6H2,1H3,(H,10,12). The lowest BCUT2D eigenvalue weighted by molar-refractivity contribution is 0.350. The second-order valence-corrected chi connectivity index (χ2v) is 2.32. The van der Waals surface area contributed by atoms with Gasteiger partial charge in [0.05, 0.1) is 0 Å². The van der Waals surface area contributed by atoms with Gasteiger partial charge in [0.15, 0.2) is 0 Å². The van der Waals surface area contributed by atoms with Crippen molar-refractivity contribution in [3.8, 4) is 11.8 Å². The largest absolute Gasteiger partial charge is 0.384 e. The number of aryl methyl sites for hydroxylation is 1. The van der Waals surface area contributed by atoms with Crippen LogP contribution < -0.4 is 5.56 Å². The smallest absolute Gasteiger partial charge is 0.248 e. The molecule has 3 nitrogen and oxygen atoms in total. The third kappa shape index (κ3) is 1.97. The summed E-state index contributed by atoms with van der Waals surface area (Å²) in [7, 11) is 0. The zero-order valence-corrected chi connectivity index (χ0v) is 6.72. The summed E-state index contributed by atoms with van der Waals surface area (Å²) < 4.78 is 0. The summed E-state index contributed by atoms with van der Waals surface area (Å²) in [6.45, 7) is 1.60. The van der Waals surface area contributed by atoms with E-state index in [-0.39, 0.29) is 12.2 Å². The summed E-state index contributed by atoms with van der Waals surface area (Å²) in [4.78, 5) is 13.4. The zero-order valence-electron chi connectivity index (χ0n) is 6.72. The van der Waals surface area contributed by atoms with Crippen LogP contribution in [0.2, 0.25) is 0 Å². The molecule has 1 aromatic heterocycles. The number of aromatic nitrogens is 1. The van der Waals surface area contributed by atoms with E-state index >= 15 is 0 Å². The van der Waals surface area contributed by atoms with Crippen LogP contribution in [-0.2, 0) is 0 Å². The van der Waals surface area contributed by atoms with Gasteiger partial charge < -0.3 is 10.1 Å². The van der Waals surface area contributed by atoms with Gasteiger partial charge in [-0.05, 0) is 13.0 Å². The second-order valence-electron chi connectivity index (χ2n) is 2.32. The summed E-state index contributed by atoms with van der Waals surface area (Å²) >= 11 is 0. The Morgan fingerprint density at radius 2 is 2.33 bits per heavy atom. The molecular formula is C9H9NO2. The summed E-state index contributed by atoms with van der Waals surface area (Å²) in [5, 5.41) is 8.43. The number of nitrogens with one attached hydrogen (secondary N) is 1. The van der Waals surface area contributed by atoms with Crippen molar-refractivity contribution < 1.29 is 5.11 Å². The molecule has 0 saturated carbocycles. The Balaban J connectivity index is 3.10. The average Bonchev–Trinajstić information content (AvgIpc) is 2.03. The van der Waals surface area contributed by atoms with Gasteiger partial charge in [-0.2, -0.15) is 0 Å². The maximum Gasteiger partial charge on any atom is 0.248 e. The molecule has 2 N–H and O–H groups in total. The van der Waals surface area contributed by atoms with E-state index in [1.54, 1.807) is 13.0 Å². The number of H-pyrrole nitrogens is 1. The van der Waals surface area contributed by atoms with E-state index in [0.717, 1.165) is 11.3 Å². The zero-order chi connectivity index (χ0) is 8.97. The Labute approximate surface area is 70.1 Å². The molecular weight excluding hydrogens is 154 g/mol. The molecule has 0 spiro atoms. The minimum absolute atomic E-state index is 0.137. The number of pyridine rings is 1. The highest BCUT2D eigenvalue weighted by molar-refractivity contribution is 5.36. The molecule has 0 aromatic carbocycles. The Hall–Kier alpha value is -1.53. The van der Waals surface area contributed by atoms with Crippen molar-refractivity contribution in [3.05, 3.63) is 33.7 Å². The number of aromatic amines is 1. The van der Waals surface area contributed by atoms with Crippen LogP contribution in [-0.4, -0.2) is 16.7 Å². The summed E-state index contributed by atoms with van der Waals surface area (Å²) in [6, 6.07) is 3.05. The molecule has 0 amide bonds. The molecule has 0 unspecified atom stereocenters. The maximum atomic E-state index is 10.8. The highest BCUT2D eigenvalue weighted by Crippen LogP contribution is 1.97. The molecule has 0 atom stereocenters. The van der Waals surface area contributed by atoms with Crippen molar-refractivity contribution >= 4 is 0 Å². The fourth-order valence-corrected chi connectivity index (χ4v) is 0.848. The van der Waals surface area contributed by atoms with Crippen molar-refractivity contribution in [1.82, 2.24) is 4.98 Å². The maximum absolute atomic E-state index is 10.8. The lowest BCUT2D eigenvalue weighted by Gasteiger charge is -1.94. The van der Waals surface area contributed by atoms with E-state index in [1.165, 1.54) is 6.07 Å². The van der Waals surface area contributed by atoms with Crippen LogP contribution >= 0.6 is 0 Å². The molecule has 0 aliphatic heterocycles. The van der Waals surface area contributed by atoms with Gasteiger partial charge in [0.2, 0.25) is 5.56 Å². The molecule has 1 aromatic rings. The lowest BCUT2D eigenvalue weighted by atomic mass is 10.2. The normalized spacial score (nSPS) is 8.83. The SMILES string of the molecule is Cc1[nH]c(=O)ccc1C#CCO. The van der Waals surface area contributed by atoms with Gasteiger partial charge in [-0.15, -0.1) is 0 Å². The van der Waals surface area contributed by atoms with Crippen LogP contribution in [0.5, 0.6) is 0 Å². The summed E-state index contributed by atoms with van der Waals surface area (Å²) in [6.07, 6.45) is 0. The Morgan fingerprint density at radius 1 is 1.58 bits per heavy atom. The first-order chi connectivity index (χ1) is 5.74. The highest BCUT2D eigenvalue weighted by atomic mass is 16.2. The van der Waals surface area contributed by atoms with Gasteiger partial charge >= 0.3 is 0 Å². The predicted octanol–water partition coefficient (Wildman–Crippen LogP) is 0.0271.